The van der Waals surface area contributed by atoms with Crippen molar-refractivity contribution >= 4 is 22.2 Å². The van der Waals surface area contributed by atoms with Crippen molar-refractivity contribution in [2.75, 3.05) is 5.32 Å². The third-order valence-corrected chi connectivity index (χ3v) is 4.38. The van der Waals surface area contributed by atoms with Gasteiger partial charge in [0.15, 0.2) is 5.71 Å². The van der Waals surface area contributed by atoms with Gasteiger partial charge in [-0.25, -0.2) is 0 Å². The number of aryl methyl sites for hydroxylation is 1. The van der Waals surface area contributed by atoms with Gasteiger partial charge in [-0.2, -0.15) is 13.2 Å². The van der Waals surface area contributed by atoms with Gasteiger partial charge in [0.25, 0.3) is 0 Å². The monoisotopic (exact) mass is 340 g/mol. The summed E-state index contributed by atoms with van der Waals surface area (Å²) in [7, 11) is 0. The first-order valence-electron chi connectivity index (χ1n) is 7.94. The van der Waals surface area contributed by atoms with E-state index in [9.17, 15) is 13.2 Å². The summed E-state index contributed by atoms with van der Waals surface area (Å²) < 4.78 is 40.8. The Kier molecular flexibility index (Phi) is 3.53. The van der Waals surface area contributed by atoms with Gasteiger partial charge in [-0.1, -0.05) is 66.2 Å². The summed E-state index contributed by atoms with van der Waals surface area (Å²) in [6, 6.07) is 17.9. The SMILES string of the molecule is Cc1ccc(C2N=C(C(F)(F)F)c3ccc4ccccc4c3N2)cc1. The van der Waals surface area contributed by atoms with Crippen LogP contribution in [0.5, 0.6) is 0 Å². The number of fused-ring (bicyclic) bond motifs is 3. The predicted octanol–water partition coefficient (Wildman–Crippen LogP) is 5.62. The van der Waals surface area contributed by atoms with Crippen molar-refractivity contribution in [3.8, 4) is 0 Å². The molecule has 1 unspecified atom stereocenters. The minimum absolute atomic E-state index is 0.0922. The summed E-state index contributed by atoms with van der Waals surface area (Å²) >= 11 is 0. The lowest BCUT2D eigenvalue weighted by atomic mass is 9.97. The van der Waals surface area contributed by atoms with E-state index in [4.69, 9.17) is 0 Å². The minimum Gasteiger partial charge on any atom is -0.359 e. The third kappa shape index (κ3) is 2.76. The van der Waals surface area contributed by atoms with E-state index in [1.807, 2.05) is 43.3 Å². The highest BCUT2D eigenvalue weighted by Crippen LogP contribution is 2.39. The highest BCUT2D eigenvalue weighted by Gasteiger charge is 2.41. The van der Waals surface area contributed by atoms with Gasteiger partial charge in [-0.15, -0.1) is 0 Å². The maximum Gasteiger partial charge on any atom is 0.433 e. The molecule has 0 amide bonds. The van der Waals surface area contributed by atoms with Crippen LogP contribution in [0.2, 0.25) is 0 Å². The zero-order chi connectivity index (χ0) is 17.6. The van der Waals surface area contributed by atoms with Gasteiger partial charge >= 0.3 is 6.18 Å². The Morgan fingerprint density at radius 3 is 2.36 bits per heavy atom. The van der Waals surface area contributed by atoms with Crippen molar-refractivity contribution in [3.63, 3.8) is 0 Å². The van der Waals surface area contributed by atoms with E-state index in [2.05, 4.69) is 10.3 Å². The molecule has 0 radical (unpaired) electrons. The van der Waals surface area contributed by atoms with Crippen LogP contribution in [0.1, 0.15) is 22.9 Å². The average Bonchev–Trinajstić information content (AvgIpc) is 2.60. The topological polar surface area (TPSA) is 24.4 Å². The van der Waals surface area contributed by atoms with Gasteiger partial charge in [0.1, 0.15) is 6.17 Å². The molecule has 0 saturated carbocycles. The van der Waals surface area contributed by atoms with Gasteiger partial charge in [-0.05, 0) is 17.9 Å². The molecule has 0 bridgehead atoms. The van der Waals surface area contributed by atoms with Crippen LogP contribution in [0.3, 0.4) is 0 Å². The molecule has 1 aliphatic heterocycles. The summed E-state index contributed by atoms with van der Waals surface area (Å²) in [6.45, 7) is 1.94. The highest BCUT2D eigenvalue weighted by atomic mass is 19.4. The molecule has 0 aliphatic carbocycles. The Morgan fingerprint density at radius 1 is 0.920 bits per heavy atom. The Bertz CT molecular complexity index is 972. The molecule has 1 heterocycles. The van der Waals surface area contributed by atoms with E-state index in [-0.39, 0.29) is 5.56 Å². The fourth-order valence-corrected chi connectivity index (χ4v) is 3.12. The molecule has 1 atom stereocenters. The summed E-state index contributed by atoms with van der Waals surface area (Å²) in [5.74, 6) is 0. The first kappa shape index (κ1) is 15.7. The van der Waals surface area contributed by atoms with Crippen LogP contribution in [0, 0.1) is 6.92 Å². The van der Waals surface area contributed by atoms with E-state index < -0.39 is 18.1 Å². The number of hydrogen-bond donors (Lipinski definition) is 1. The van der Waals surface area contributed by atoms with Crippen molar-refractivity contribution in [1.82, 2.24) is 0 Å². The van der Waals surface area contributed by atoms with Crippen LogP contribution in [0.4, 0.5) is 18.9 Å². The van der Waals surface area contributed by atoms with E-state index in [0.717, 1.165) is 16.3 Å². The number of hydrogen-bond acceptors (Lipinski definition) is 2. The number of rotatable bonds is 1. The van der Waals surface area contributed by atoms with Crippen molar-refractivity contribution in [3.05, 3.63) is 77.4 Å². The Labute approximate surface area is 143 Å². The molecule has 3 aromatic carbocycles. The molecule has 5 heteroatoms. The van der Waals surface area contributed by atoms with Crippen LogP contribution in [-0.2, 0) is 0 Å². The zero-order valence-corrected chi connectivity index (χ0v) is 13.4. The van der Waals surface area contributed by atoms with Crippen LogP contribution < -0.4 is 5.32 Å². The lowest BCUT2D eigenvalue weighted by Crippen LogP contribution is -2.30. The normalized spacial score (nSPS) is 17.0. The standard InChI is InChI=1S/C20H15F3N2/c1-12-6-8-14(9-7-12)19-24-17-15-5-3-2-4-13(15)10-11-16(17)18(25-19)20(21,22)23/h2-11,19,24H,1H3. The number of nitrogens with one attached hydrogen (secondary N) is 1. The number of anilines is 1. The molecular weight excluding hydrogens is 325 g/mol. The second-order valence-corrected chi connectivity index (χ2v) is 6.14. The van der Waals surface area contributed by atoms with Gasteiger partial charge in [0, 0.05) is 10.9 Å². The van der Waals surface area contributed by atoms with Gasteiger partial charge < -0.3 is 5.32 Å². The second kappa shape index (κ2) is 5.62. The summed E-state index contributed by atoms with van der Waals surface area (Å²) in [4.78, 5) is 3.98. The number of nitrogens with zero attached hydrogens (tertiary/aromatic N) is 1. The van der Waals surface area contributed by atoms with Crippen molar-refractivity contribution in [2.24, 2.45) is 4.99 Å². The molecule has 2 nitrogen and oxygen atoms in total. The Morgan fingerprint density at radius 2 is 1.64 bits per heavy atom. The molecule has 0 fully saturated rings. The third-order valence-electron chi connectivity index (χ3n) is 4.38. The Balaban J connectivity index is 1.93. The second-order valence-electron chi connectivity index (χ2n) is 6.14. The van der Waals surface area contributed by atoms with E-state index in [0.29, 0.717) is 11.3 Å². The number of benzene rings is 3. The van der Waals surface area contributed by atoms with Crippen LogP contribution in [0.25, 0.3) is 10.8 Å². The fraction of sp³-hybridized carbons (Fsp3) is 0.150. The molecule has 1 N–H and O–H groups in total. The average molecular weight is 340 g/mol. The van der Waals surface area contributed by atoms with Gasteiger partial charge in [0.05, 0.1) is 5.69 Å². The molecule has 126 valence electrons. The number of halogens is 3. The van der Waals surface area contributed by atoms with E-state index >= 15 is 0 Å². The smallest absolute Gasteiger partial charge is 0.359 e. The molecule has 25 heavy (non-hydrogen) atoms. The lowest BCUT2D eigenvalue weighted by molar-refractivity contribution is -0.0584. The minimum atomic E-state index is -4.51. The summed E-state index contributed by atoms with van der Waals surface area (Å²) in [5.41, 5.74) is 1.48. The fourth-order valence-electron chi connectivity index (χ4n) is 3.12. The zero-order valence-electron chi connectivity index (χ0n) is 13.4. The quantitative estimate of drug-likeness (QED) is 0.610. The largest absolute Gasteiger partial charge is 0.433 e. The first-order chi connectivity index (χ1) is 11.9. The predicted molar refractivity (Wildman–Crippen MR) is 94.1 cm³/mol. The van der Waals surface area contributed by atoms with E-state index in [1.54, 1.807) is 18.2 Å². The molecule has 4 rings (SSSR count). The van der Waals surface area contributed by atoms with E-state index in [1.165, 1.54) is 6.07 Å². The van der Waals surface area contributed by atoms with Crippen molar-refractivity contribution in [2.45, 2.75) is 19.3 Å². The van der Waals surface area contributed by atoms with Gasteiger partial charge in [0.2, 0.25) is 0 Å². The summed E-state index contributed by atoms with van der Waals surface area (Å²) in [5, 5.41) is 4.84. The van der Waals surface area contributed by atoms with Gasteiger partial charge in [-0.3, -0.25) is 4.99 Å². The van der Waals surface area contributed by atoms with Crippen molar-refractivity contribution < 1.29 is 13.2 Å². The number of aliphatic imine (C=N–C) groups is 1. The maximum atomic E-state index is 13.6. The molecule has 0 saturated heterocycles. The molecule has 3 aromatic rings. The lowest BCUT2D eigenvalue weighted by Gasteiger charge is -2.28. The van der Waals surface area contributed by atoms with Crippen molar-refractivity contribution in [1.29, 1.82) is 0 Å². The maximum absolute atomic E-state index is 13.6. The molecular formula is C20H15F3N2. The van der Waals surface area contributed by atoms with Crippen LogP contribution in [0.15, 0.2) is 65.7 Å². The highest BCUT2D eigenvalue weighted by molar-refractivity contribution is 6.15. The Hall–Kier alpha value is -2.82. The van der Waals surface area contributed by atoms with Crippen LogP contribution in [-0.4, -0.2) is 11.9 Å². The molecule has 0 spiro atoms. The van der Waals surface area contributed by atoms with Crippen LogP contribution >= 0.6 is 0 Å². The summed E-state index contributed by atoms with van der Waals surface area (Å²) in [6.07, 6.45) is -5.28. The molecule has 0 aromatic heterocycles. The first-order valence-corrected chi connectivity index (χ1v) is 7.94. The number of alkyl halides is 3. The molecule has 1 aliphatic rings.